The average molecular weight is 845 g/mol. The molecule has 2 amide bonds. The van der Waals surface area contributed by atoms with E-state index >= 15 is 0 Å². The monoisotopic (exact) mass is 843 g/mol. The van der Waals surface area contributed by atoms with Gasteiger partial charge in [-0.1, -0.05) is 23.2 Å². The maximum atomic E-state index is 12.7. The van der Waals surface area contributed by atoms with Crippen molar-refractivity contribution >= 4 is 88.1 Å². The standard InChI is InChI=1S/C32H47Cl2N21O3/c33-20-24(37)46-22(35)18(44-20)26(56)48-28(39)42-16-2-8-54(9-3-16)31-50-30(41-6-1-7-53-12-14-58-15-13-53)51-32(52-31)55-10-4-17(5-11-55)43-29(40)49-27(57)19-23(36)47-25(38)21(34)45-19/h16-17H,1-15H2,(H4,35,37,46)(H4,36,38,47)(H3,39,42,48,56)(H3,40,43,49,57)(H,41,50,51,52). The van der Waals surface area contributed by atoms with E-state index < -0.39 is 11.8 Å². The van der Waals surface area contributed by atoms with Crippen molar-refractivity contribution in [2.24, 2.45) is 0 Å². The summed E-state index contributed by atoms with van der Waals surface area (Å²) in [5.74, 6) is -1.01. The number of nitrogens with zero attached hydrogens (tertiary/aromatic N) is 10. The Morgan fingerprint density at radius 3 is 1.55 bits per heavy atom. The summed E-state index contributed by atoms with van der Waals surface area (Å²) in [7, 11) is 0. The predicted octanol–water partition coefficient (Wildman–Crippen LogP) is -0.932. The molecule has 26 heteroatoms. The number of anilines is 7. The van der Waals surface area contributed by atoms with E-state index in [9.17, 15) is 9.59 Å². The second-order valence-electron chi connectivity index (χ2n) is 13.7. The van der Waals surface area contributed by atoms with Crippen LogP contribution in [0.15, 0.2) is 0 Å². The van der Waals surface area contributed by atoms with Gasteiger partial charge >= 0.3 is 0 Å². The summed E-state index contributed by atoms with van der Waals surface area (Å²) in [6.45, 7) is 7.19. The van der Waals surface area contributed by atoms with Gasteiger partial charge in [-0.2, -0.15) is 15.0 Å². The van der Waals surface area contributed by atoms with Crippen LogP contribution in [0.3, 0.4) is 0 Å². The first kappa shape index (κ1) is 41.8. The number of ether oxygens (including phenoxy) is 1. The zero-order chi connectivity index (χ0) is 41.3. The first-order valence-electron chi connectivity index (χ1n) is 18.6. The van der Waals surface area contributed by atoms with Crippen LogP contribution in [0.2, 0.25) is 10.3 Å². The van der Waals surface area contributed by atoms with Gasteiger partial charge in [0.1, 0.15) is 0 Å². The fourth-order valence-corrected chi connectivity index (χ4v) is 6.79. The lowest BCUT2D eigenvalue weighted by Gasteiger charge is -2.35. The Morgan fingerprint density at radius 2 is 1.10 bits per heavy atom. The van der Waals surface area contributed by atoms with Crippen LogP contribution in [-0.4, -0.2) is 141 Å². The number of halogens is 2. The Kier molecular flexibility index (Phi) is 13.7. The SMILES string of the molecule is N=C(NC(=O)c1nc(Cl)c(N)nc1N)NC1CCN(c2nc(NCCCN3CCOCC3)nc(N3CCC(NC(=N)NC(=O)c4nc(Cl)c(N)nc4N)CC3)n2)CC1. The Labute approximate surface area is 343 Å². The maximum absolute atomic E-state index is 12.7. The molecule has 0 unspecified atom stereocenters. The van der Waals surface area contributed by atoms with Crippen molar-refractivity contribution in [3.05, 3.63) is 21.7 Å². The number of guanidine groups is 2. The van der Waals surface area contributed by atoms with Crippen molar-refractivity contribution in [2.75, 3.05) is 104 Å². The molecule has 3 aromatic heterocycles. The Hall–Kier alpha value is -5.85. The average Bonchev–Trinajstić information content (AvgIpc) is 3.20. The zero-order valence-corrected chi connectivity index (χ0v) is 33.0. The fourth-order valence-electron chi connectivity index (χ4n) is 6.53. The van der Waals surface area contributed by atoms with Gasteiger partial charge in [0.15, 0.2) is 56.9 Å². The first-order valence-corrected chi connectivity index (χ1v) is 19.4. The van der Waals surface area contributed by atoms with Gasteiger partial charge in [0.2, 0.25) is 17.8 Å². The molecule has 3 aliphatic heterocycles. The number of nitrogens with one attached hydrogen (secondary N) is 7. The third-order valence-electron chi connectivity index (χ3n) is 9.62. The number of aromatic nitrogens is 7. The van der Waals surface area contributed by atoms with Gasteiger partial charge in [-0.15, -0.1) is 0 Å². The Morgan fingerprint density at radius 1 is 0.655 bits per heavy atom. The molecule has 0 atom stereocenters. The molecule has 6 rings (SSSR count). The number of morpholine rings is 1. The van der Waals surface area contributed by atoms with Gasteiger partial charge in [0.25, 0.3) is 11.8 Å². The van der Waals surface area contributed by atoms with Gasteiger partial charge in [0.05, 0.1) is 13.2 Å². The van der Waals surface area contributed by atoms with Crippen molar-refractivity contribution in [3.63, 3.8) is 0 Å². The van der Waals surface area contributed by atoms with E-state index in [-0.39, 0.29) is 69.0 Å². The molecule has 0 bridgehead atoms. The molecule has 0 spiro atoms. The number of hydrogen-bond acceptors (Lipinski definition) is 20. The van der Waals surface area contributed by atoms with Gasteiger partial charge in [-0.05, 0) is 38.6 Å². The summed E-state index contributed by atoms with van der Waals surface area (Å²) in [6, 6.07) is -0.239. The molecule has 0 aliphatic carbocycles. The minimum absolute atomic E-state index is 0.0995. The second kappa shape index (κ2) is 19.1. The molecule has 0 saturated carbocycles. The third kappa shape index (κ3) is 11.0. The number of nitrogen functional groups attached to an aromatic ring is 4. The number of rotatable bonds is 11. The van der Waals surface area contributed by atoms with Crippen LogP contribution in [0.5, 0.6) is 0 Å². The maximum Gasteiger partial charge on any atom is 0.280 e. The molecule has 3 fully saturated rings. The number of carbonyl (C=O) groups is 2. The van der Waals surface area contributed by atoms with Crippen LogP contribution in [0, 0.1) is 10.8 Å². The minimum Gasteiger partial charge on any atom is -0.382 e. The zero-order valence-electron chi connectivity index (χ0n) is 31.5. The Balaban J connectivity index is 1.04. The summed E-state index contributed by atoms with van der Waals surface area (Å²) in [5.41, 5.74) is 22.3. The molecule has 58 heavy (non-hydrogen) atoms. The summed E-state index contributed by atoms with van der Waals surface area (Å²) < 4.78 is 5.47. The van der Waals surface area contributed by atoms with E-state index in [0.29, 0.717) is 76.3 Å². The molecule has 15 N–H and O–H groups in total. The minimum atomic E-state index is -0.740. The molecule has 3 aliphatic rings. The largest absolute Gasteiger partial charge is 0.382 e. The molecule has 24 nitrogen and oxygen atoms in total. The van der Waals surface area contributed by atoms with E-state index in [1.165, 1.54) is 0 Å². The second-order valence-corrected chi connectivity index (χ2v) is 14.4. The van der Waals surface area contributed by atoms with E-state index in [4.69, 9.17) is 76.6 Å². The summed E-state index contributed by atoms with van der Waals surface area (Å²) >= 11 is 11.8. The van der Waals surface area contributed by atoms with Crippen molar-refractivity contribution in [1.29, 1.82) is 10.8 Å². The summed E-state index contributed by atoms with van der Waals surface area (Å²) in [4.78, 5) is 61.8. The Bertz CT molecular complexity index is 1860. The number of piperidine rings is 2. The highest BCUT2D eigenvalue weighted by molar-refractivity contribution is 6.32. The quantitative estimate of drug-likeness (QED) is 0.0631. The predicted molar refractivity (Wildman–Crippen MR) is 219 cm³/mol. The van der Waals surface area contributed by atoms with E-state index in [1.54, 1.807) is 0 Å². The molecule has 0 radical (unpaired) electrons. The fraction of sp³-hybridized carbons (Fsp3) is 0.531. The van der Waals surface area contributed by atoms with Crippen LogP contribution in [0.1, 0.15) is 53.1 Å². The number of amides is 2. The highest BCUT2D eigenvalue weighted by Crippen LogP contribution is 2.24. The van der Waals surface area contributed by atoms with Crippen LogP contribution in [0.4, 0.5) is 41.1 Å². The number of hydrogen-bond donors (Lipinski definition) is 11. The van der Waals surface area contributed by atoms with Gasteiger partial charge in [-0.25, -0.2) is 19.9 Å². The molecule has 3 aromatic rings. The lowest BCUT2D eigenvalue weighted by molar-refractivity contribution is 0.0378. The van der Waals surface area contributed by atoms with Crippen molar-refractivity contribution < 1.29 is 14.3 Å². The lowest BCUT2D eigenvalue weighted by Crippen LogP contribution is -2.50. The number of nitrogens with two attached hydrogens (primary N) is 4. The van der Waals surface area contributed by atoms with Crippen LogP contribution < -0.4 is 59.3 Å². The molecular weight excluding hydrogens is 797 g/mol. The first-order chi connectivity index (χ1) is 27.8. The molecular formula is C32H47Cl2N21O3. The topological polar surface area (TPSA) is 355 Å². The van der Waals surface area contributed by atoms with Crippen molar-refractivity contribution in [3.8, 4) is 0 Å². The van der Waals surface area contributed by atoms with E-state index in [0.717, 1.165) is 39.3 Å². The van der Waals surface area contributed by atoms with Crippen molar-refractivity contribution in [2.45, 2.75) is 44.2 Å². The smallest absolute Gasteiger partial charge is 0.280 e. The molecule has 3 saturated heterocycles. The normalized spacial score (nSPS) is 16.7. The van der Waals surface area contributed by atoms with E-state index in [1.807, 2.05) is 0 Å². The number of carbonyl (C=O) groups excluding carboxylic acids is 2. The van der Waals surface area contributed by atoms with Gasteiger partial charge in [0, 0.05) is 57.9 Å². The molecule has 312 valence electrons. The molecule has 6 heterocycles. The lowest BCUT2D eigenvalue weighted by atomic mass is 10.1. The van der Waals surface area contributed by atoms with Crippen LogP contribution in [0.25, 0.3) is 0 Å². The van der Waals surface area contributed by atoms with Crippen molar-refractivity contribution in [1.82, 2.24) is 61.1 Å². The highest BCUT2D eigenvalue weighted by Gasteiger charge is 2.28. The van der Waals surface area contributed by atoms with Crippen LogP contribution >= 0.6 is 23.2 Å². The molecule has 0 aromatic carbocycles. The van der Waals surface area contributed by atoms with E-state index in [2.05, 4.69) is 61.2 Å². The van der Waals surface area contributed by atoms with Crippen LogP contribution in [-0.2, 0) is 4.74 Å². The highest BCUT2D eigenvalue weighted by atomic mass is 35.5. The summed E-state index contributed by atoms with van der Waals surface area (Å²) in [6.07, 6.45) is 3.40. The van der Waals surface area contributed by atoms with Gasteiger partial charge < -0.3 is 53.4 Å². The van der Waals surface area contributed by atoms with Gasteiger partial charge in [-0.3, -0.25) is 35.9 Å². The third-order valence-corrected chi connectivity index (χ3v) is 10.2. The summed E-state index contributed by atoms with van der Waals surface area (Å²) in [5, 5.41) is 30.7.